The van der Waals surface area contributed by atoms with Crippen LogP contribution in [0, 0.1) is 0 Å². The van der Waals surface area contributed by atoms with E-state index in [1.807, 2.05) is 54.6 Å². The van der Waals surface area contributed by atoms with Crippen molar-refractivity contribution in [3.05, 3.63) is 71.3 Å². The number of benzene rings is 2. The first-order chi connectivity index (χ1) is 9.79. The standard InChI is InChI=1S/C17H14O2S/c1-19-17(18)14-11-13-9-5-6-10-15(13)20-16(14)12-7-3-2-4-8-12/h2-11,16H,1H3/t16-/m0/s1. The van der Waals surface area contributed by atoms with Gasteiger partial charge in [-0.3, -0.25) is 0 Å². The lowest BCUT2D eigenvalue weighted by Crippen LogP contribution is -2.13. The Labute approximate surface area is 122 Å². The molecule has 0 radical (unpaired) electrons. The summed E-state index contributed by atoms with van der Waals surface area (Å²) in [6.45, 7) is 0. The number of hydrogen-bond donors (Lipinski definition) is 0. The van der Waals surface area contributed by atoms with Crippen molar-refractivity contribution in [2.24, 2.45) is 0 Å². The molecule has 0 aromatic heterocycles. The summed E-state index contributed by atoms with van der Waals surface area (Å²) < 4.78 is 4.94. The summed E-state index contributed by atoms with van der Waals surface area (Å²) in [5, 5.41) is -0.0152. The summed E-state index contributed by atoms with van der Waals surface area (Å²) in [6, 6.07) is 18.2. The molecule has 1 aliphatic heterocycles. The van der Waals surface area contributed by atoms with Gasteiger partial charge in [-0.1, -0.05) is 48.5 Å². The third kappa shape index (κ3) is 2.37. The van der Waals surface area contributed by atoms with E-state index >= 15 is 0 Å². The van der Waals surface area contributed by atoms with Gasteiger partial charge in [-0.05, 0) is 23.3 Å². The third-order valence-corrected chi connectivity index (χ3v) is 4.67. The van der Waals surface area contributed by atoms with Crippen LogP contribution in [0.4, 0.5) is 0 Å². The minimum atomic E-state index is -0.263. The van der Waals surface area contributed by atoms with Crippen molar-refractivity contribution >= 4 is 23.8 Å². The average molecular weight is 282 g/mol. The van der Waals surface area contributed by atoms with Crippen LogP contribution in [0.1, 0.15) is 16.4 Å². The van der Waals surface area contributed by atoms with Gasteiger partial charge in [-0.25, -0.2) is 4.79 Å². The fourth-order valence-electron chi connectivity index (χ4n) is 2.30. The van der Waals surface area contributed by atoms with E-state index in [4.69, 9.17) is 4.74 Å². The zero-order chi connectivity index (χ0) is 13.9. The Morgan fingerprint density at radius 2 is 1.75 bits per heavy atom. The van der Waals surface area contributed by atoms with E-state index in [0.717, 1.165) is 11.1 Å². The lowest BCUT2D eigenvalue weighted by molar-refractivity contribution is -0.136. The second-order valence-electron chi connectivity index (χ2n) is 4.54. The van der Waals surface area contributed by atoms with Gasteiger partial charge in [0.1, 0.15) is 0 Å². The SMILES string of the molecule is COC(=O)C1=Cc2ccccc2S[C@H]1c1ccccc1. The van der Waals surface area contributed by atoms with Gasteiger partial charge >= 0.3 is 5.97 Å². The molecule has 0 unspecified atom stereocenters. The highest BCUT2D eigenvalue weighted by Gasteiger charge is 2.28. The van der Waals surface area contributed by atoms with Crippen molar-refractivity contribution in [3.8, 4) is 0 Å². The second-order valence-corrected chi connectivity index (χ2v) is 5.68. The summed E-state index contributed by atoms with van der Waals surface area (Å²) >= 11 is 1.69. The van der Waals surface area contributed by atoms with Crippen LogP contribution in [0.25, 0.3) is 6.08 Å². The maximum Gasteiger partial charge on any atom is 0.335 e. The molecule has 2 nitrogen and oxygen atoms in total. The van der Waals surface area contributed by atoms with Gasteiger partial charge in [0.05, 0.1) is 17.9 Å². The van der Waals surface area contributed by atoms with E-state index in [0.29, 0.717) is 5.57 Å². The number of carbonyl (C=O) groups excluding carboxylic acids is 1. The highest BCUT2D eigenvalue weighted by atomic mass is 32.2. The zero-order valence-electron chi connectivity index (χ0n) is 11.1. The van der Waals surface area contributed by atoms with Crippen molar-refractivity contribution in [2.45, 2.75) is 10.1 Å². The van der Waals surface area contributed by atoms with Crippen molar-refractivity contribution in [1.82, 2.24) is 0 Å². The summed E-state index contributed by atoms with van der Waals surface area (Å²) in [5.74, 6) is -0.263. The lowest BCUT2D eigenvalue weighted by atomic mass is 10.0. The molecule has 3 rings (SSSR count). The molecule has 3 heteroatoms. The van der Waals surface area contributed by atoms with E-state index < -0.39 is 0 Å². The molecule has 0 bridgehead atoms. The van der Waals surface area contributed by atoms with Crippen molar-refractivity contribution < 1.29 is 9.53 Å². The molecule has 2 aromatic rings. The fourth-order valence-corrected chi connectivity index (χ4v) is 3.56. The maximum atomic E-state index is 12.1. The van der Waals surface area contributed by atoms with Crippen LogP contribution >= 0.6 is 11.8 Å². The largest absolute Gasteiger partial charge is 0.466 e. The molecule has 1 aliphatic rings. The van der Waals surface area contributed by atoms with Crippen LogP contribution in [0.5, 0.6) is 0 Å². The molecule has 20 heavy (non-hydrogen) atoms. The van der Waals surface area contributed by atoms with Crippen molar-refractivity contribution in [2.75, 3.05) is 7.11 Å². The minimum Gasteiger partial charge on any atom is -0.466 e. The van der Waals surface area contributed by atoms with Crippen LogP contribution in [0.2, 0.25) is 0 Å². The van der Waals surface area contributed by atoms with Crippen LogP contribution in [0.15, 0.2) is 65.1 Å². The number of hydrogen-bond acceptors (Lipinski definition) is 3. The van der Waals surface area contributed by atoms with Gasteiger partial charge in [0.15, 0.2) is 0 Å². The molecule has 1 atom stereocenters. The molecule has 1 heterocycles. The number of esters is 1. The quantitative estimate of drug-likeness (QED) is 0.776. The molecule has 0 saturated carbocycles. The highest BCUT2D eigenvalue weighted by Crippen LogP contribution is 2.46. The number of fused-ring (bicyclic) bond motifs is 1. The van der Waals surface area contributed by atoms with Crippen molar-refractivity contribution in [1.29, 1.82) is 0 Å². The third-order valence-electron chi connectivity index (χ3n) is 3.28. The maximum absolute atomic E-state index is 12.1. The topological polar surface area (TPSA) is 26.3 Å². The molecule has 100 valence electrons. The van der Waals surface area contributed by atoms with Gasteiger partial charge in [0.25, 0.3) is 0 Å². The smallest absolute Gasteiger partial charge is 0.335 e. The number of methoxy groups -OCH3 is 1. The van der Waals surface area contributed by atoms with E-state index in [1.54, 1.807) is 11.8 Å². The highest BCUT2D eigenvalue weighted by molar-refractivity contribution is 8.00. The number of thioether (sulfide) groups is 1. The number of rotatable bonds is 2. The van der Waals surface area contributed by atoms with E-state index in [-0.39, 0.29) is 11.2 Å². The monoisotopic (exact) mass is 282 g/mol. The summed E-state index contributed by atoms with van der Waals surface area (Å²) in [7, 11) is 1.43. The molecule has 0 fully saturated rings. The van der Waals surface area contributed by atoms with E-state index in [2.05, 4.69) is 6.07 Å². The van der Waals surface area contributed by atoms with E-state index in [9.17, 15) is 4.79 Å². The lowest BCUT2D eigenvalue weighted by Gasteiger charge is -2.24. The average Bonchev–Trinajstić information content (AvgIpc) is 2.53. The van der Waals surface area contributed by atoms with Crippen LogP contribution in [-0.4, -0.2) is 13.1 Å². The molecular weight excluding hydrogens is 268 g/mol. The first-order valence-corrected chi connectivity index (χ1v) is 7.28. The van der Waals surface area contributed by atoms with Gasteiger partial charge in [0.2, 0.25) is 0 Å². The predicted molar refractivity (Wildman–Crippen MR) is 81.5 cm³/mol. The van der Waals surface area contributed by atoms with Crippen LogP contribution in [0.3, 0.4) is 0 Å². The van der Waals surface area contributed by atoms with Gasteiger partial charge in [-0.15, -0.1) is 11.8 Å². The first kappa shape index (κ1) is 13.0. The summed E-state index contributed by atoms with van der Waals surface area (Å²) in [6.07, 6.45) is 1.94. The number of ether oxygens (including phenoxy) is 1. The molecule has 2 aromatic carbocycles. The van der Waals surface area contributed by atoms with E-state index in [1.165, 1.54) is 12.0 Å². The molecule has 0 spiro atoms. The van der Waals surface area contributed by atoms with Crippen LogP contribution in [-0.2, 0) is 9.53 Å². The summed E-state index contributed by atoms with van der Waals surface area (Å²) in [5.41, 5.74) is 2.89. The minimum absolute atomic E-state index is 0.0152. The Balaban J connectivity index is 2.09. The second kappa shape index (κ2) is 5.55. The Morgan fingerprint density at radius 3 is 2.50 bits per heavy atom. The molecule has 0 aliphatic carbocycles. The molecule has 0 amide bonds. The van der Waals surface area contributed by atoms with Crippen LogP contribution < -0.4 is 0 Å². The Hall–Kier alpha value is -2.00. The molecule has 0 N–H and O–H groups in total. The molecular formula is C17H14O2S. The Bertz CT molecular complexity index is 662. The van der Waals surface area contributed by atoms with Crippen molar-refractivity contribution in [3.63, 3.8) is 0 Å². The Morgan fingerprint density at radius 1 is 1.05 bits per heavy atom. The fraction of sp³-hybridized carbons (Fsp3) is 0.118. The van der Waals surface area contributed by atoms with Gasteiger partial charge in [0, 0.05) is 4.90 Å². The Kier molecular flexibility index (Phi) is 3.61. The van der Waals surface area contributed by atoms with Gasteiger partial charge in [-0.2, -0.15) is 0 Å². The summed E-state index contributed by atoms with van der Waals surface area (Å²) in [4.78, 5) is 13.2. The van der Waals surface area contributed by atoms with Gasteiger partial charge < -0.3 is 4.74 Å². The predicted octanol–water partition coefficient (Wildman–Crippen LogP) is 4.09. The normalized spacial score (nSPS) is 17.1. The molecule has 0 saturated heterocycles. The number of carbonyl (C=O) groups is 1. The zero-order valence-corrected chi connectivity index (χ0v) is 11.9. The first-order valence-electron chi connectivity index (χ1n) is 6.40.